The first-order valence-corrected chi connectivity index (χ1v) is 6.22. The molecule has 4 bridgehead atoms. The summed E-state index contributed by atoms with van der Waals surface area (Å²) in [5.74, 6) is 8.34. The van der Waals surface area contributed by atoms with Crippen LogP contribution >= 0.6 is 0 Å². The van der Waals surface area contributed by atoms with Gasteiger partial charge in [-0.15, -0.1) is 0 Å². The van der Waals surface area contributed by atoms with Gasteiger partial charge in [0.1, 0.15) is 16.8 Å². The van der Waals surface area contributed by atoms with Crippen molar-refractivity contribution in [3.63, 3.8) is 0 Å². The lowest BCUT2D eigenvalue weighted by Gasteiger charge is -2.27. The van der Waals surface area contributed by atoms with E-state index >= 15 is 0 Å². The molecule has 6 atom stereocenters. The maximum absolute atomic E-state index is 1.68. The second-order valence-corrected chi connectivity index (χ2v) is 6.98. The summed E-state index contributed by atoms with van der Waals surface area (Å²) in [6, 6.07) is 0. The van der Waals surface area contributed by atoms with Gasteiger partial charge in [-0.2, -0.15) is 0 Å². The Morgan fingerprint density at radius 1 is 0.900 bits per heavy atom. The number of hydrogen-bond acceptors (Lipinski definition) is 0. The van der Waals surface area contributed by atoms with Crippen molar-refractivity contribution in [1.82, 2.24) is 0 Å². The largest absolute Gasteiger partial charge is 0.121 e. The van der Waals surface area contributed by atoms with Crippen LogP contribution in [0.3, 0.4) is 0 Å². The quantitative estimate of drug-likeness (QED) is 0.460. The van der Waals surface area contributed by atoms with Crippen LogP contribution in [0.1, 0.15) is 12.8 Å². The van der Waals surface area contributed by atoms with Gasteiger partial charge < -0.3 is 0 Å². The van der Waals surface area contributed by atoms with Crippen LogP contribution in [0.2, 0.25) is 0 Å². The molecule has 2 saturated carbocycles. The highest BCUT2D eigenvalue weighted by Crippen LogP contribution is 2.65. The second kappa shape index (κ2) is 1.31. The van der Waals surface area contributed by atoms with Crippen molar-refractivity contribution in [3.8, 4) is 0 Å². The number of rotatable bonds is 0. The number of hydrogen-bond donors (Lipinski definition) is 0. The SMILES string of the molecule is C1[C@@H]2C[C@@H]3[C@@H]1[C@H]1C[S+]3C[C@H]21. The van der Waals surface area contributed by atoms with Crippen LogP contribution in [-0.2, 0) is 10.9 Å². The Hall–Kier alpha value is 0.350. The summed E-state index contributed by atoms with van der Waals surface area (Å²) in [4.78, 5) is 0. The average molecular weight is 153 g/mol. The molecule has 0 aromatic heterocycles. The third-order valence-corrected chi connectivity index (χ3v) is 7.56. The van der Waals surface area contributed by atoms with E-state index in [2.05, 4.69) is 0 Å². The topological polar surface area (TPSA) is 0 Å². The van der Waals surface area contributed by atoms with Gasteiger partial charge in [0.15, 0.2) is 0 Å². The molecule has 2 aliphatic heterocycles. The molecular weight excluding hydrogens is 140 g/mol. The zero-order valence-corrected chi connectivity index (χ0v) is 6.94. The van der Waals surface area contributed by atoms with Crippen molar-refractivity contribution < 1.29 is 0 Å². The van der Waals surface area contributed by atoms with Crippen molar-refractivity contribution in [2.24, 2.45) is 23.7 Å². The molecule has 2 saturated heterocycles. The molecule has 0 spiro atoms. The molecule has 0 amide bonds. The fourth-order valence-electron chi connectivity index (χ4n) is 4.24. The maximum Gasteiger partial charge on any atom is 0.121 e. The van der Waals surface area contributed by atoms with E-state index in [0.717, 1.165) is 10.9 Å². The zero-order valence-electron chi connectivity index (χ0n) is 6.12. The van der Waals surface area contributed by atoms with E-state index in [0.29, 0.717) is 0 Å². The summed E-state index contributed by atoms with van der Waals surface area (Å²) in [5, 5.41) is 1.26. The van der Waals surface area contributed by atoms with Crippen LogP contribution < -0.4 is 0 Å². The van der Waals surface area contributed by atoms with Gasteiger partial charge in [-0.3, -0.25) is 0 Å². The van der Waals surface area contributed by atoms with Crippen molar-refractivity contribution in [1.29, 1.82) is 0 Å². The minimum atomic E-state index is 0.963. The van der Waals surface area contributed by atoms with Crippen LogP contribution in [-0.4, -0.2) is 16.8 Å². The Balaban J connectivity index is 1.98. The summed E-state index contributed by atoms with van der Waals surface area (Å²) in [7, 11) is 0.963. The Labute approximate surface area is 64.7 Å². The first-order valence-electron chi connectivity index (χ1n) is 4.60. The van der Waals surface area contributed by atoms with Crippen molar-refractivity contribution >= 4 is 10.9 Å². The first kappa shape index (κ1) is 5.08. The molecule has 1 unspecified atom stereocenters. The van der Waals surface area contributed by atoms with Crippen LogP contribution in [0.15, 0.2) is 0 Å². The monoisotopic (exact) mass is 153 g/mol. The molecule has 4 fully saturated rings. The van der Waals surface area contributed by atoms with Gasteiger partial charge in [-0.1, -0.05) is 0 Å². The van der Waals surface area contributed by atoms with E-state index in [4.69, 9.17) is 0 Å². The van der Waals surface area contributed by atoms with Gasteiger partial charge in [-0.25, -0.2) is 0 Å². The molecule has 0 aromatic rings. The summed E-state index contributed by atoms with van der Waals surface area (Å²) in [5.41, 5.74) is 0. The lowest BCUT2D eigenvalue weighted by Crippen LogP contribution is -2.35. The van der Waals surface area contributed by atoms with Crippen LogP contribution in [0.5, 0.6) is 0 Å². The predicted octanol–water partition coefficient (Wildman–Crippen LogP) is 1.27. The van der Waals surface area contributed by atoms with Gasteiger partial charge in [0.05, 0.1) is 0 Å². The Kier molecular flexibility index (Phi) is 0.663. The highest BCUT2D eigenvalue weighted by atomic mass is 32.2. The highest BCUT2D eigenvalue weighted by Gasteiger charge is 2.71. The van der Waals surface area contributed by atoms with E-state index in [-0.39, 0.29) is 0 Å². The highest BCUT2D eigenvalue weighted by molar-refractivity contribution is 7.98. The van der Waals surface area contributed by atoms with Crippen molar-refractivity contribution in [2.45, 2.75) is 18.1 Å². The fraction of sp³-hybridized carbons (Fsp3) is 1.00. The second-order valence-electron chi connectivity index (χ2n) is 4.63. The van der Waals surface area contributed by atoms with Gasteiger partial charge in [0.25, 0.3) is 0 Å². The van der Waals surface area contributed by atoms with Gasteiger partial charge in [0, 0.05) is 17.8 Å². The molecule has 0 radical (unpaired) electrons. The molecule has 10 heavy (non-hydrogen) atoms. The summed E-state index contributed by atoms with van der Waals surface area (Å²) < 4.78 is 0. The molecular formula is C9H13S+. The normalized spacial score (nSPS) is 74.4. The minimum Gasteiger partial charge on any atom is -0.0417 e. The lowest BCUT2D eigenvalue weighted by molar-refractivity contribution is 0.286. The van der Waals surface area contributed by atoms with E-state index in [9.17, 15) is 0 Å². The lowest BCUT2D eigenvalue weighted by atomic mass is 9.81. The molecule has 4 rings (SSSR count). The predicted molar refractivity (Wildman–Crippen MR) is 44.1 cm³/mol. The third-order valence-electron chi connectivity index (χ3n) is 4.53. The molecule has 0 N–H and O–H groups in total. The zero-order chi connectivity index (χ0) is 6.29. The van der Waals surface area contributed by atoms with E-state index in [1.165, 1.54) is 28.9 Å². The molecule has 4 aliphatic rings. The summed E-state index contributed by atoms with van der Waals surface area (Å²) in [6.07, 6.45) is 3.32. The number of fused-ring (bicyclic) bond motifs is 4. The molecule has 1 heteroatoms. The standard InChI is InChI=1S/C9H13S/c1-5-2-9-6(1)8-4-10(9)3-7(5)8/h5-9H,1-4H2/q+1/t5-,6+,7-,8-,9-,10?/m1/s1. The smallest absolute Gasteiger partial charge is 0.0417 e. The summed E-state index contributed by atoms with van der Waals surface area (Å²) in [6.45, 7) is 0. The minimum absolute atomic E-state index is 0.963. The molecule has 0 aromatic carbocycles. The molecule has 2 aliphatic carbocycles. The molecule has 2 heterocycles. The van der Waals surface area contributed by atoms with Crippen molar-refractivity contribution in [2.75, 3.05) is 11.5 Å². The molecule has 0 nitrogen and oxygen atoms in total. The Morgan fingerprint density at radius 2 is 1.80 bits per heavy atom. The van der Waals surface area contributed by atoms with Gasteiger partial charge in [-0.05, 0) is 29.7 Å². The van der Waals surface area contributed by atoms with E-state index in [1.807, 2.05) is 0 Å². The van der Waals surface area contributed by atoms with Gasteiger partial charge >= 0.3 is 0 Å². The third kappa shape index (κ3) is 0.341. The first-order chi connectivity index (χ1) is 4.93. The van der Waals surface area contributed by atoms with Gasteiger partial charge in [0.2, 0.25) is 0 Å². The van der Waals surface area contributed by atoms with E-state index in [1.54, 1.807) is 24.3 Å². The van der Waals surface area contributed by atoms with Crippen LogP contribution in [0.4, 0.5) is 0 Å². The molecule has 54 valence electrons. The fourth-order valence-corrected chi connectivity index (χ4v) is 8.20. The van der Waals surface area contributed by atoms with Crippen LogP contribution in [0, 0.1) is 23.7 Å². The van der Waals surface area contributed by atoms with Crippen LogP contribution in [0.25, 0.3) is 0 Å². The van der Waals surface area contributed by atoms with Crippen molar-refractivity contribution in [3.05, 3.63) is 0 Å². The summed E-state index contributed by atoms with van der Waals surface area (Å²) >= 11 is 0. The Morgan fingerprint density at radius 3 is 2.50 bits per heavy atom. The van der Waals surface area contributed by atoms with E-state index < -0.39 is 0 Å². The Bertz CT molecular complexity index is 161. The maximum atomic E-state index is 1.68. The average Bonchev–Trinajstić information content (AvgIpc) is 2.54.